The fourth-order valence-electron chi connectivity index (χ4n) is 11.0. The maximum Gasteiger partial charge on any atom is 0.329 e. The van der Waals surface area contributed by atoms with Gasteiger partial charge >= 0.3 is 5.97 Å². The first-order valence-electron chi connectivity index (χ1n) is 27.7. The third kappa shape index (κ3) is 19.1. The maximum atomic E-state index is 14.6. The van der Waals surface area contributed by atoms with Gasteiger partial charge in [0, 0.05) is 71.7 Å². The number of piperidine rings is 1. The number of aliphatic hydroxyl groups excluding tert-OH is 2. The number of fused-ring (bicyclic) bond motifs is 3. The number of rotatable bonds is 16. The maximum absolute atomic E-state index is 14.6. The summed E-state index contributed by atoms with van der Waals surface area (Å²) in [5, 5.41) is 33.0. The second-order valence-corrected chi connectivity index (χ2v) is 21.8. The number of esters is 1. The van der Waals surface area contributed by atoms with Gasteiger partial charge in [-0.25, -0.2) is 4.79 Å². The van der Waals surface area contributed by atoms with Gasteiger partial charge in [-0.1, -0.05) is 71.1 Å². The van der Waals surface area contributed by atoms with Gasteiger partial charge in [0.05, 0.1) is 50.8 Å². The van der Waals surface area contributed by atoms with Crippen LogP contribution in [0.2, 0.25) is 0 Å². The molecule has 3 heterocycles. The van der Waals surface area contributed by atoms with Crippen molar-refractivity contribution in [3.63, 3.8) is 0 Å². The smallest absolute Gasteiger partial charge is 0.329 e. The molecule has 426 valence electrons. The van der Waals surface area contributed by atoms with Crippen molar-refractivity contribution in [1.29, 1.82) is 0 Å². The van der Waals surface area contributed by atoms with Gasteiger partial charge < -0.3 is 58.1 Å². The Bertz CT molecular complexity index is 1930. The lowest BCUT2D eigenvalue weighted by atomic mass is 9.78. The van der Waals surface area contributed by atoms with E-state index in [1.54, 1.807) is 41.1 Å². The molecule has 15 atom stereocenters. The molecule has 75 heavy (non-hydrogen) atoms. The topological polar surface area (TPSA) is 223 Å². The van der Waals surface area contributed by atoms with E-state index in [-0.39, 0.29) is 80.5 Å². The van der Waals surface area contributed by atoms with E-state index in [0.29, 0.717) is 83.4 Å². The minimum Gasteiger partial charge on any atom is -0.460 e. The van der Waals surface area contributed by atoms with E-state index in [1.165, 1.54) is 12.0 Å². The molecule has 1 amide bonds. The second kappa shape index (κ2) is 32.4. The highest BCUT2D eigenvalue weighted by Gasteiger charge is 2.53. The van der Waals surface area contributed by atoms with E-state index in [1.807, 2.05) is 58.1 Å². The number of allylic oxidation sites excluding steroid dienone is 6. The Morgan fingerprint density at radius 1 is 0.813 bits per heavy atom. The molecule has 0 aromatic carbocycles. The molecule has 3 aliphatic heterocycles. The highest BCUT2D eigenvalue weighted by molar-refractivity contribution is 6.39. The zero-order valence-corrected chi connectivity index (χ0v) is 46.8. The summed E-state index contributed by atoms with van der Waals surface area (Å²) in [6, 6.07) is -1.16. The lowest BCUT2D eigenvalue weighted by Crippen LogP contribution is -2.61. The normalized spacial score (nSPS) is 36.6. The molecule has 0 spiro atoms. The fraction of sp³-hybridized carbons (Fsp3) is 0.776. The van der Waals surface area contributed by atoms with Crippen LogP contribution in [0.25, 0.3) is 0 Å². The van der Waals surface area contributed by atoms with Crippen molar-refractivity contribution in [3.05, 3.63) is 47.6 Å². The fourth-order valence-corrected chi connectivity index (χ4v) is 11.0. The van der Waals surface area contributed by atoms with Crippen molar-refractivity contribution in [3.8, 4) is 0 Å². The molecule has 17 nitrogen and oxygen atoms in total. The van der Waals surface area contributed by atoms with E-state index >= 15 is 0 Å². The molecule has 1 unspecified atom stereocenters. The number of aliphatic hydroxyl groups is 3. The molecular weight excluding hydrogens is 967 g/mol. The number of nitrogens with zero attached hydrogens (tertiary/aromatic N) is 1. The van der Waals surface area contributed by atoms with E-state index < -0.39 is 77.8 Å². The predicted molar refractivity (Wildman–Crippen MR) is 282 cm³/mol. The first-order valence-corrected chi connectivity index (χ1v) is 27.7. The molecular formula is C58H93NO16. The lowest BCUT2D eigenvalue weighted by Gasteiger charge is -2.43. The van der Waals surface area contributed by atoms with Crippen molar-refractivity contribution < 1.29 is 77.2 Å². The third-order valence-corrected chi connectivity index (χ3v) is 15.8. The van der Waals surface area contributed by atoms with Crippen LogP contribution in [0.3, 0.4) is 0 Å². The monoisotopic (exact) mass is 1060 g/mol. The quantitative estimate of drug-likeness (QED) is 0.0639. The Morgan fingerprint density at radius 2 is 1.56 bits per heavy atom. The summed E-state index contributed by atoms with van der Waals surface area (Å²) in [5.74, 6) is -8.15. The highest BCUT2D eigenvalue weighted by Crippen LogP contribution is 2.38. The predicted octanol–water partition coefficient (Wildman–Crippen LogP) is 6.62. The van der Waals surface area contributed by atoms with Crippen molar-refractivity contribution in [2.24, 2.45) is 35.5 Å². The third-order valence-electron chi connectivity index (χ3n) is 15.8. The van der Waals surface area contributed by atoms with Crippen LogP contribution in [0.15, 0.2) is 47.6 Å². The Kier molecular flexibility index (Phi) is 27.7. The second-order valence-electron chi connectivity index (χ2n) is 21.8. The van der Waals surface area contributed by atoms with Crippen LogP contribution in [0.5, 0.6) is 0 Å². The number of carbonyl (C=O) groups is 5. The average molecular weight is 1060 g/mol. The Morgan fingerprint density at radius 3 is 2.27 bits per heavy atom. The molecule has 4 rings (SSSR count). The molecule has 3 fully saturated rings. The lowest BCUT2D eigenvalue weighted by molar-refractivity contribution is -0.266. The van der Waals surface area contributed by atoms with Crippen molar-refractivity contribution in [2.45, 2.75) is 186 Å². The number of cyclic esters (lactones) is 1. The molecule has 17 heteroatoms. The van der Waals surface area contributed by atoms with Gasteiger partial charge in [-0.15, -0.1) is 0 Å². The van der Waals surface area contributed by atoms with Gasteiger partial charge in [-0.2, -0.15) is 0 Å². The molecule has 0 aromatic heterocycles. The van der Waals surface area contributed by atoms with Gasteiger partial charge in [0.15, 0.2) is 5.78 Å². The zero-order valence-electron chi connectivity index (χ0n) is 46.8. The number of amides is 1. The van der Waals surface area contributed by atoms with Gasteiger partial charge in [0.25, 0.3) is 11.7 Å². The van der Waals surface area contributed by atoms with Crippen LogP contribution in [0.4, 0.5) is 0 Å². The standard InChI is InChI=1S/C58H93NO16/c1-37-17-12-11-13-18-38(2)49(73-30-29-71-28-27-68-8)35-45-22-20-43(7)58(67,75-45)55(64)56(65)59-24-15-14-19-46(59)57(66)74-50(40(4)33-44-21-23-48(51(34-44)69-9)72-26-16-25-60)36-47(61)39(3)32-42(6)53(63)54(70-10)52(62)41(5)31-37/h11-13,17-18,32,37,39-41,43-46,48-51,53-54,60,63,67H,14-16,19-31,33-36H2,1-10H3/b13-11+,17-12+,38-18+,42-32+/t37-,39-,40-,41-,43-,44+,45+,46+,48-,49?,50+,51-,53-,54+,58-/m1/s1. The number of ketones is 3. The Labute approximate surface area is 447 Å². The number of carbonyl (C=O) groups excluding carboxylic acids is 5. The first-order chi connectivity index (χ1) is 35.8. The molecule has 2 saturated heterocycles. The minimum atomic E-state index is -2.48. The number of Topliss-reactive ketones (excluding diaryl/α,β-unsaturated/α-hetero) is 3. The first kappa shape index (κ1) is 64.0. The van der Waals surface area contributed by atoms with E-state index in [0.717, 1.165) is 18.4 Å². The summed E-state index contributed by atoms with van der Waals surface area (Å²) in [4.78, 5) is 72.9. The summed E-state index contributed by atoms with van der Waals surface area (Å²) in [5.41, 5.74) is 1.23. The van der Waals surface area contributed by atoms with Gasteiger partial charge in [0.2, 0.25) is 5.79 Å². The Balaban J connectivity index is 1.70. The van der Waals surface area contributed by atoms with Crippen LogP contribution < -0.4 is 0 Å². The summed E-state index contributed by atoms with van der Waals surface area (Å²) < 4.78 is 47.3. The van der Waals surface area contributed by atoms with Gasteiger partial charge in [0.1, 0.15) is 30.1 Å². The largest absolute Gasteiger partial charge is 0.460 e. The van der Waals surface area contributed by atoms with Gasteiger partial charge in [-0.05, 0) is 113 Å². The molecule has 0 aromatic rings. The van der Waals surface area contributed by atoms with Crippen LogP contribution in [-0.2, 0) is 61.9 Å². The SMILES string of the molecule is COCCOCCOC1C[C@@H]2CC[C@@H](C)[C@@](O)(O2)C(=O)C(=O)N2CCCC[C@H]2C(=O)O[C@H]([C@H](C)C[C@@H]2CC[C@@H](OCCCO)[C@H](OC)C2)CC(=O)[C@H](C)/C=C(\C)[C@@H](O)[C@@H](OC)C(=O)[C@H](C)C[C@H](C)/C=C/C=C/C=C/1C. The molecule has 0 radical (unpaired) electrons. The number of methoxy groups -OCH3 is 3. The summed E-state index contributed by atoms with van der Waals surface area (Å²) in [7, 11) is 4.62. The van der Waals surface area contributed by atoms with E-state index in [4.69, 9.17) is 37.9 Å². The van der Waals surface area contributed by atoms with E-state index in [9.17, 15) is 39.3 Å². The highest BCUT2D eigenvalue weighted by atomic mass is 16.6. The summed E-state index contributed by atoms with van der Waals surface area (Å²) >= 11 is 0. The number of hydrogen-bond acceptors (Lipinski definition) is 16. The minimum absolute atomic E-state index is 0.00922. The molecule has 1 saturated carbocycles. The summed E-state index contributed by atoms with van der Waals surface area (Å²) in [6.07, 6.45) is 12.3. The molecule has 3 N–H and O–H groups in total. The van der Waals surface area contributed by atoms with Crippen LogP contribution in [0.1, 0.15) is 132 Å². The van der Waals surface area contributed by atoms with Crippen LogP contribution in [-0.4, -0.2) is 172 Å². The molecule has 1 aliphatic carbocycles. The van der Waals surface area contributed by atoms with Crippen LogP contribution >= 0.6 is 0 Å². The Hall–Kier alpha value is -3.49. The van der Waals surface area contributed by atoms with Crippen molar-refractivity contribution in [2.75, 3.05) is 67.5 Å². The number of hydrogen-bond donors (Lipinski definition) is 3. The van der Waals surface area contributed by atoms with Crippen molar-refractivity contribution in [1.82, 2.24) is 4.90 Å². The zero-order chi connectivity index (χ0) is 55.2. The average Bonchev–Trinajstić information content (AvgIpc) is 3.39. The van der Waals surface area contributed by atoms with E-state index in [2.05, 4.69) is 0 Å². The number of ether oxygens (including phenoxy) is 8. The molecule has 4 aliphatic rings. The summed E-state index contributed by atoms with van der Waals surface area (Å²) in [6.45, 7) is 14.6. The van der Waals surface area contributed by atoms with Crippen LogP contribution in [0, 0.1) is 35.5 Å². The molecule has 2 bridgehead atoms. The van der Waals surface area contributed by atoms with Gasteiger partial charge in [-0.3, -0.25) is 19.2 Å². The van der Waals surface area contributed by atoms with Crippen molar-refractivity contribution >= 4 is 29.2 Å².